The number of alkyl halides is 1. The normalized spacial score (nSPS) is 12.1. The third kappa shape index (κ3) is 3.01. The van der Waals surface area contributed by atoms with Crippen molar-refractivity contribution in [2.75, 3.05) is 5.33 Å². The Hall–Kier alpha value is -1.55. The van der Waals surface area contributed by atoms with Crippen molar-refractivity contribution < 1.29 is 9.21 Å². The van der Waals surface area contributed by atoms with Crippen LogP contribution in [0.4, 0.5) is 0 Å². The maximum absolute atomic E-state index is 12.0. The van der Waals surface area contributed by atoms with Crippen LogP contribution < -0.4 is 5.32 Å². The zero-order valence-corrected chi connectivity index (χ0v) is 11.6. The Bertz CT molecular complexity index is 522. The number of amides is 1. The summed E-state index contributed by atoms with van der Waals surface area (Å²) in [6.07, 6.45) is 0. The molecule has 0 aliphatic rings. The fourth-order valence-corrected chi connectivity index (χ4v) is 2.22. The van der Waals surface area contributed by atoms with Crippen LogP contribution in [0.5, 0.6) is 0 Å². The van der Waals surface area contributed by atoms with Gasteiger partial charge in [0.15, 0.2) is 5.76 Å². The molecule has 0 bridgehead atoms. The quantitative estimate of drug-likeness (QED) is 0.879. The maximum Gasteiger partial charge on any atom is 0.287 e. The van der Waals surface area contributed by atoms with Gasteiger partial charge in [-0.2, -0.15) is 0 Å². The summed E-state index contributed by atoms with van der Waals surface area (Å²) in [4.78, 5) is 12.0. The van der Waals surface area contributed by atoms with Gasteiger partial charge >= 0.3 is 0 Å². The molecule has 1 heterocycles. The van der Waals surface area contributed by atoms with Crippen LogP contribution >= 0.6 is 15.9 Å². The highest BCUT2D eigenvalue weighted by Gasteiger charge is 2.16. The smallest absolute Gasteiger partial charge is 0.287 e. The summed E-state index contributed by atoms with van der Waals surface area (Å²) in [5, 5.41) is 3.59. The van der Waals surface area contributed by atoms with Gasteiger partial charge in [-0.25, -0.2) is 0 Å². The molecule has 1 atom stereocenters. The van der Waals surface area contributed by atoms with Gasteiger partial charge in [0.1, 0.15) is 5.76 Å². The van der Waals surface area contributed by atoms with Crippen LogP contribution in [-0.4, -0.2) is 11.2 Å². The highest BCUT2D eigenvalue weighted by molar-refractivity contribution is 9.09. The fourth-order valence-electron chi connectivity index (χ4n) is 1.68. The molecule has 1 N–H and O–H groups in total. The first-order valence-corrected chi connectivity index (χ1v) is 6.81. The molecule has 1 amide bonds. The summed E-state index contributed by atoms with van der Waals surface area (Å²) in [6.45, 7) is 1.82. The highest BCUT2D eigenvalue weighted by atomic mass is 79.9. The van der Waals surface area contributed by atoms with Crippen molar-refractivity contribution in [1.82, 2.24) is 5.32 Å². The number of carbonyl (C=O) groups is 1. The van der Waals surface area contributed by atoms with Gasteiger partial charge in [-0.05, 0) is 24.6 Å². The Balaban J connectivity index is 2.10. The first kappa shape index (κ1) is 12.9. The van der Waals surface area contributed by atoms with Crippen molar-refractivity contribution in [2.45, 2.75) is 13.0 Å². The van der Waals surface area contributed by atoms with E-state index in [9.17, 15) is 4.79 Å². The zero-order chi connectivity index (χ0) is 13.0. The van der Waals surface area contributed by atoms with Gasteiger partial charge < -0.3 is 9.73 Å². The van der Waals surface area contributed by atoms with Crippen LogP contribution in [0.3, 0.4) is 0 Å². The molecule has 94 valence electrons. The number of hydrogen-bond donors (Lipinski definition) is 1. The number of aryl methyl sites for hydroxylation is 1. The van der Waals surface area contributed by atoms with Gasteiger partial charge in [-0.3, -0.25) is 4.79 Å². The van der Waals surface area contributed by atoms with Crippen LogP contribution in [0, 0.1) is 6.92 Å². The molecular weight excluding hydrogens is 294 g/mol. The molecule has 0 radical (unpaired) electrons. The molecule has 2 rings (SSSR count). The fraction of sp³-hybridized carbons (Fsp3) is 0.214. The summed E-state index contributed by atoms with van der Waals surface area (Å²) in [5.41, 5.74) is 1.06. The zero-order valence-electron chi connectivity index (χ0n) is 10.0. The summed E-state index contributed by atoms with van der Waals surface area (Å²) in [5.74, 6) is 0.876. The molecule has 0 fully saturated rings. The highest BCUT2D eigenvalue weighted by Crippen LogP contribution is 2.16. The molecule has 2 aromatic rings. The molecule has 1 aromatic heterocycles. The number of nitrogens with one attached hydrogen (secondary N) is 1. The minimum atomic E-state index is -0.198. The Morgan fingerprint density at radius 1 is 1.28 bits per heavy atom. The van der Waals surface area contributed by atoms with E-state index in [1.54, 1.807) is 12.1 Å². The second-order valence-electron chi connectivity index (χ2n) is 4.00. The maximum atomic E-state index is 12.0. The van der Waals surface area contributed by atoms with Crippen molar-refractivity contribution in [2.24, 2.45) is 0 Å². The average Bonchev–Trinajstić information content (AvgIpc) is 2.83. The van der Waals surface area contributed by atoms with Crippen molar-refractivity contribution in [1.29, 1.82) is 0 Å². The van der Waals surface area contributed by atoms with E-state index in [4.69, 9.17) is 4.42 Å². The van der Waals surface area contributed by atoms with E-state index in [2.05, 4.69) is 21.2 Å². The van der Waals surface area contributed by atoms with Crippen LogP contribution in [0.2, 0.25) is 0 Å². The lowest BCUT2D eigenvalue weighted by atomic mass is 10.1. The molecule has 0 saturated heterocycles. The molecule has 1 aromatic carbocycles. The van der Waals surface area contributed by atoms with E-state index in [1.165, 1.54) is 0 Å². The Labute approximate surface area is 114 Å². The van der Waals surface area contributed by atoms with Crippen molar-refractivity contribution in [3.05, 3.63) is 59.5 Å². The number of hydrogen-bond acceptors (Lipinski definition) is 2. The van der Waals surface area contributed by atoms with E-state index >= 15 is 0 Å². The van der Waals surface area contributed by atoms with Crippen LogP contribution in [0.25, 0.3) is 0 Å². The summed E-state index contributed by atoms with van der Waals surface area (Å²) < 4.78 is 5.30. The number of benzene rings is 1. The Kier molecular flexibility index (Phi) is 4.20. The molecule has 0 aliphatic carbocycles. The van der Waals surface area contributed by atoms with Gasteiger partial charge in [-0.15, -0.1) is 0 Å². The van der Waals surface area contributed by atoms with E-state index < -0.39 is 0 Å². The van der Waals surface area contributed by atoms with Crippen molar-refractivity contribution in [3.63, 3.8) is 0 Å². The number of rotatable bonds is 4. The van der Waals surface area contributed by atoms with Gasteiger partial charge in [0.25, 0.3) is 5.91 Å². The molecule has 0 aliphatic heterocycles. The molecule has 1 unspecified atom stereocenters. The van der Waals surface area contributed by atoms with Gasteiger partial charge in [0.2, 0.25) is 0 Å². The Morgan fingerprint density at radius 3 is 2.56 bits per heavy atom. The third-order valence-electron chi connectivity index (χ3n) is 2.63. The number of halogens is 1. The van der Waals surface area contributed by atoms with E-state index in [0.717, 1.165) is 11.3 Å². The summed E-state index contributed by atoms with van der Waals surface area (Å²) in [6, 6.07) is 13.2. The minimum absolute atomic E-state index is 0.0656. The average molecular weight is 308 g/mol. The van der Waals surface area contributed by atoms with Gasteiger partial charge in [0.05, 0.1) is 6.04 Å². The third-order valence-corrected chi connectivity index (χ3v) is 3.27. The molecule has 18 heavy (non-hydrogen) atoms. The van der Waals surface area contributed by atoms with Gasteiger partial charge in [0, 0.05) is 5.33 Å². The molecule has 0 saturated carbocycles. The molecular formula is C14H14BrNO2. The summed E-state index contributed by atoms with van der Waals surface area (Å²) >= 11 is 3.41. The van der Waals surface area contributed by atoms with E-state index in [-0.39, 0.29) is 11.9 Å². The predicted molar refractivity (Wildman–Crippen MR) is 73.9 cm³/mol. The SMILES string of the molecule is Cc1ccc(C(=O)NC(CBr)c2ccccc2)o1. The summed E-state index contributed by atoms with van der Waals surface area (Å²) in [7, 11) is 0. The second kappa shape index (κ2) is 5.87. The van der Waals surface area contributed by atoms with Crippen molar-refractivity contribution >= 4 is 21.8 Å². The number of carbonyl (C=O) groups excluding carboxylic acids is 1. The molecule has 4 heteroatoms. The van der Waals surface area contributed by atoms with Crippen LogP contribution in [0.15, 0.2) is 46.9 Å². The van der Waals surface area contributed by atoms with E-state index in [1.807, 2.05) is 37.3 Å². The van der Waals surface area contributed by atoms with E-state index in [0.29, 0.717) is 11.1 Å². The lowest BCUT2D eigenvalue weighted by Gasteiger charge is -2.15. The van der Waals surface area contributed by atoms with Gasteiger partial charge in [-0.1, -0.05) is 46.3 Å². The lowest BCUT2D eigenvalue weighted by Crippen LogP contribution is -2.29. The van der Waals surface area contributed by atoms with Crippen molar-refractivity contribution in [3.8, 4) is 0 Å². The molecule has 3 nitrogen and oxygen atoms in total. The first-order chi connectivity index (χ1) is 8.70. The molecule has 0 spiro atoms. The van der Waals surface area contributed by atoms with Crippen LogP contribution in [-0.2, 0) is 0 Å². The second-order valence-corrected chi connectivity index (χ2v) is 4.65. The lowest BCUT2D eigenvalue weighted by molar-refractivity contribution is 0.0911. The number of furan rings is 1. The standard InChI is InChI=1S/C14H14BrNO2/c1-10-7-8-13(18-10)14(17)16-12(9-15)11-5-3-2-4-6-11/h2-8,12H,9H2,1H3,(H,16,17). The van der Waals surface area contributed by atoms with Crippen LogP contribution in [0.1, 0.15) is 27.9 Å². The predicted octanol–water partition coefficient (Wildman–Crippen LogP) is 3.45. The minimum Gasteiger partial charge on any atom is -0.456 e. The first-order valence-electron chi connectivity index (χ1n) is 5.69. The topological polar surface area (TPSA) is 42.2 Å². The largest absolute Gasteiger partial charge is 0.456 e. The Morgan fingerprint density at radius 2 is 2.00 bits per heavy atom. The monoisotopic (exact) mass is 307 g/mol.